The first-order chi connectivity index (χ1) is 22.0. The minimum Gasteiger partial charge on any atom is -0.412 e. The fraction of sp³-hybridized carbons (Fsp3) is 0.676. The second kappa shape index (κ2) is 15.8. The molecule has 0 unspecified atom stereocenters. The zero-order valence-electron chi connectivity index (χ0n) is 30.2. The molecule has 12 heteroatoms. The Hall–Kier alpha value is -2.50. The fourth-order valence-electron chi connectivity index (χ4n) is 9.39. The average molecular weight is 722 g/mol. The van der Waals surface area contributed by atoms with E-state index >= 15 is 0 Å². The summed E-state index contributed by atoms with van der Waals surface area (Å²) in [6.07, 6.45) is 11.9. The summed E-state index contributed by atoms with van der Waals surface area (Å²) in [5.41, 5.74) is 0.585. The zero-order chi connectivity index (χ0) is 32.9. The van der Waals surface area contributed by atoms with Gasteiger partial charge in [-0.3, -0.25) is 14.5 Å². The van der Waals surface area contributed by atoms with Gasteiger partial charge in [0.25, 0.3) is 0 Å². The fourth-order valence-corrected chi connectivity index (χ4v) is 9.39. The molecule has 0 amide bonds. The SMILES string of the molecule is CCN(CC)c1cc(N2CCN(CC(=O)[C@@]3(O)CC[C@H]4[C@@H]5CCC6=CC(=O)C=C[C@]6(C)C5=CC[C@@]43C)CC2)nc(N(CC)CC)n1.Cl.Cl.O. The highest BCUT2D eigenvalue weighted by molar-refractivity contribution is 6.01. The van der Waals surface area contributed by atoms with E-state index < -0.39 is 11.0 Å². The molecule has 274 valence electrons. The average Bonchev–Trinajstić information content (AvgIpc) is 3.34. The van der Waals surface area contributed by atoms with Crippen molar-refractivity contribution in [3.63, 3.8) is 0 Å². The van der Waals surface area contributed by atoms with Gasteiger partial charge in [-0.25, -0.2) is 0 Å². The highest BCUT2D eigenvalue weighted by Crippen LogP contribution is 2.65. The maximum atomic E-state index is 14.1. The zero-order valence-corrected chi connectivity index (χ0v) is 31.8. The molecule has 3 N–H and O–H groups in total. The van der Waals surface area contributed by atoms with Crippen LogP contribution in [0.3, 0.4) is 0 Å². The van der Waals surface area contributed by atoms with E-state index in [1.165, 1.54) is 11.1 Å². The van der Waals surface area contributed by atoms with Gasteiger partial charge in [0.05, 0.1) is 6.54 Å². The highest BCUT2D eigenvalue weighted by atomic mass is 35.5. The lowest BCUT2D eigenvalue weighted by molar-refractivity contribution is -0.154. The van der Waals surface area contributed by atoms with Crippen molar-refractivity contribution >= 4 is 54.0 Å². The molecule has 2 heterocycles. The van der Waals surface area contributed by atoms with Gasteiger partial charge in [-0.15, -0.1) is 24.8 Å². The van der Waals surface area contributed by atoms with E-state index in [1.54, 1.807) is 6.08 Å². The maximum Gasteiger partial charge on any atom is 0.229 e. The molecule has 6 rings (SSSR count). The number of fused-ring (bicyclic) bond motifs is 5. The third-order valence-corrected chi connectivity index (χ3v) is 12.4. The summed E-state index contributed by atoms with van der Waals surface area (Å²) < 4.78 is 0. The van der Waals surface area contributed by atoms with Crippen molar-refractivity contribution in [2.75, 3.05) is 73.6 Å². The first-order valence-corrected chi connectivity index (χ1v) is 17.8. The first-order valence-electron chi connectivity index (χ1n) is 17.8. The Balaban J connectivity index is 0.00000217. The van der Waals surface area contributed by atoms with E-state index in [-0.39, 0.29) is 59.7 Å². The molecule has 1 aromatic rings. The van der Waals surface area contributed by atoms with Gasteiger partial charge in [0.1, 0.15) is 17.2 Å². The Kier molecular flexibility index (Phi) is 13.2. The van der Waals surface area contributed by atoms with Crippen LogP contribution in [0.2, 0.25) is 0 Å². The summed E-state index contributed by atoms with van der Waals surface area (Å²) >= 11 is 0. The largest absolute Gasteiger partial charge is 0.412 e. The smallest absolute Gasteiger partial charge is 0.229 e. The summed E-state index contributed by atoms with van der Waals surface area (Å²) in [5, 5.41) is 12.2. The van der Waals surface area contributed by atoms with Gasteiger partial charge in [0, 0.05) is 69.3 Å². The van der Waals surface area contributed by atoms with Crippen molar-refractivity contribution in [2.24, 2.45) is 22.7 Å². The molecule has 0 spiro atoms. The summed E-state index contributed by atoms with van der Waals surface area (Å²) in [7, 11) is 0. The number of nitrogens with zero attached hydrogens (tertiary/aromatic N) is 6. The number of hydrogen-bond acceptors (Lipinski definition) is 9. The number of carbonyl (C=O) groups is 2. The van der Waals surface area contributed by atoms with Gasteiger partial charge >= 0.3 is 0 Å². The van der Waals surface area contributed by atoms with Crippen molar-refractivity contribution in [3.8, 4) is 0 Å². The number of piperazine rings is 1. The highest BCUT2D eigenvalue weighted by Gasteiger charge is 2.64. The normalized spacial score (nSPS) is 30.3. The third kappa shape index (κ3) is 6.93. The van der Waals surface area contributed by atoms with E-state index in [2.05, 4.69) is 79.4 Å². The number of aliphatic hydroxyl groups is 1. The second-order valence-electron chi connectivity index (χ2n) is 14.5. The van der Waals surface area contributed by atoms with Crippen molar-refractivity contribution in [1.29, 1.82) is 0 Å². The quantitative estimate of drug-likeness (QED) is 0.338. The van der Waals surface area contributed by atoms with Crippen molar-refractivity contribution in [2.45, 2.75) is 79.2 Å². The predicted molar refractivity (Wildman–Crippen MR) is 202 cm³/mol. The van der Waals surface area contributed by atoms with E-state index in [0.717, 1.165) is 89.2 Å². The van der Waals surface area contributed by atoms with Gasteiger partial charge in [0.15, 0.2) is 11.6 Å². The monoisotopic (exact) mass is 720 g/mol. The molecule has 0 aromatic carbocycles. The summed E-state index contributed by atoms with van der Waals surface area (Å²) in [6, 6.07) is 2.11. The van der Waals surface area contributed by atoms with Crippen LogP contribution in [-0.2, 0) is 9.59 Å². The Labute approximate surface area is 305 Å². The lowest BCUT2D eigenvalue weighted by Gasteiger charge is -2.53. The summed E-state index contributed by atoms with van der Waals surface area (Å²) in [5.74, 6) is 3.32. The molecule has 1 aliphatic heterocycles. The minimum atomic E-state index is -1.32. The molecule has 5 aliphatic rings. The number of allylic oxidation sites excluding steroid dienone is 6. The number of hydrogen-bond donors (Lipinski definition) is 1. The number of halogens is 2. The molecule has 1 aromatic heterocycles. The molecule has 5 atom stereocenters. The van der Waals surface area contributed by atoms with Crippen LogP contribution >= 0.6 is 24.8 Å². The van der Waals surface area contributed by atoms with E-state index in [4.69, 9.17) is 9.97 Å². The number of anilines is 3. The standard InChI is InChI=1S/C37H54N6O3.2ClH.H2O/c1-7-41(8-2)32-24-33(39-34(38-32)42(9-3)10-4)43-21-19-40(20-22-43)25-31(45)37(46)18-15-30-28-12-11-26-23-27(44)13-16-35(26,5)29(28)14-17-36(30,37)6;;;/h13-14,16,23-24,28,30,46H,7-12,15,17-22,25H2,1-6H3;2*1H;1H2/t28-,30+,35+,36+,37+;;;/m1.../s1. The first kappa shape index (κ1) is 40.9. The van der Waals surface area contributed by atoms with Gasteiger partial charge in [0.2, 0.25) is 5.95 Å². The molecule has 49 heavy (non-hydrogen) atoms. The molecular formula is C37H58Cl2N6O4. The minimum absolute atomic E-state index is 0. The van der Waals surface area contributed by atoms with Crippen LogP contribution in [0.15, 0.2) is 41.5 Å². The molecule has 4 aliphatic carbocycles. The van der Waals surface area contributed by atoms with Crippen LogP contribution in [-0.4, -0.2) is 102 Å². The number of Topliss-reactive ketones (excluding diaryl/α,β-unsaturated/α-hetero) is 1. The van der Waals surface area contributed by atoms with Crippen LogP contribution in [0, 0.1) is 22.7 Å². The van der Waals surface area contributed by atoms with Crippen LogP contribution in [0.4, 0.5) is 17.6 Å². The number of rotatable bonds is 10. The van der Waals surface area contributed by atoms with Gasteiger partial charge < -0.3 is 25.3 Å². The number of ketones is 2. The van der Waals surface area contributed by atoms with E-state index in [0.29, 0.717) is 18.8 Å². The maximum absolute atomic E-state index is 14.1. The molecule has 1 saturated heterocycles. The van der Waals surface area contributed by atoms with Gasteiger partial charge in [-0.1, -0.05) is 30.2 Å². The lowest BCUT2D eigenvalue weighted by Crippen LogP contribution is -2.58. The van der Waals surface area contributed by atoms with Gasteiger partial charge in [-0.2, -0.15) is 9.97 Å². The van der Waals surface area contributed by atoms with Gasteiger partial charge in [-0.05, 0) is 90.7 Å². The van der Waals surface area contributed by atoms with E-state index in [9.17, 15) is 14.7 Å². The number of aromatic nitrogens is 2. The molecule has 2 saturated carbocycles. The Morgan fingerprint density at radius 3 is 2.27 bits per heavy atom. The Bertz CT molecular complexity index is 1420. The van der Waals surface area contributed by atoms with Crippen molar-refractivity contribution in [1.82, 2.24) is 14.9 Å². The second-order valence-corrected chi connectivity index (χ2v) is 14.5. The van der Waals surface area contributed by atoms with Crippen LogP contribution in [0.25, 0.3) is 0 Å². The molecule has 0 bridgehead atoms. The predicted octanol–water partition coefficient (Wildman–Crippen LogP) is 4.84. The topological polar surface area (TPSA) is 125 Å². The van der Waals surface area contributed by atoms with E-state index in [1.807, 2.05) is 6.08 Å². The molecular weight excluding hydrogens is 663 g/mol. The molecule has 3 fully saturated rings. The molecule has 10 nitrogen and oxygen atoms in total. The van der Waals surface area contributed by atoms with Crippen molar-refractivity contribution < 1.29 is 20.2 Å². The third-order valence-electron chi connectivity index (χ3n) is 12.4. The van der Waals surface area contributed by atoms with Crippen LogP contribution in [0.1, 0.15) is 73.6 Å². The van der Waals surface area contributed by atoms with Crippen LogP contribution < -0.4 is 14.7 Å². The Morgan fingerprint density at radius 2 is 1.63 bits per heavy atom. The summed E-state index contributed by atoms with van der Waals surface area (Å²) in [4.78, 5) is 45.1. The lowest BCUT2D eigenvalue weighted by atomic mass is 9.51. The van der Waals surface area contributed by atoms with Crippen molar-refractivity contribution in [3.05, 3.63) is 41.5 Å². The number of carbonyl (C=O) groups excluding carboxylic acids is 2. The van der Waals surface area contributed by atoms with Crippen LogP contribution in [0.5, 0.6) is 0 Å². The Morgan fingerprint density at radius 1 is 0.980 bits per heavy atom. The summed E-state index contributed by atoms with van der Waals surface area (Å²) in [6.45, 7) is 19.8. The molecule has 0 radical (unpaired) electrons.